The van der Waals surface area contributed by atoms with Crippen LogP contribution in [0.5, 0.6) is 0 Å². The molecule has 106 valence electrons. The van der Waals surface area contributed by atoms with Crippen molar-refractivity contribution in [3.63, 3.8) is 0 Å². The lowest BCUT2D eigenvalue weighted by molar-refractivity contribution is 0.425. The van der Waals surface area contributed by atoms with Crippen LogP contribution in [0.2, 0.25) is 0 Å². The average molecular weight is 268 g/mol. The summed E-state index contributed by atoms with van der Waals surface area (Å²) in [7, 11) is 0. The molecule has 2 aromatic rings. The summed E-state index contributed by atoms with van der Waals surface area (Å²) in [5.41, 5.74) is 2.80. The fourth-order valence-electron chi connectivity index (χ4n) is 2.30. The van der Waals surface area contributed by atoms with Crippen molar-refractivity contribution in [3.05, 3.63) is 36.0 Å². The zero-order valence-electron chi connectivity index (χ0n) is 13.0. The van der Waals surface area contributed by atoms with Crippen LogP contribution < -0.4 is 5.32 Å². The van der Waals surface area contributed by atoms with Gasteiger partial charge in [-0.05, 0) is 45.4 Å². The smallest absolute Gasteiger partial charge is 0.0483 e. The van der Waals surface area contributed by atoms with Crippen molar-refractivity contribution in [2.24, 2.45) is 0 Å². The van der Waals surface area contributed by atoms with Crippen molar-refractivity contribution in [2.45, 2.75) is 52.7 Å². The Kier molecular flexibility index (Phi) is 4.52. The number of aryl methyl sites for hydroxylation is 1. The molecular formula is C18H24N2. The molecule has 1 aromatic heterocycles. The van der Waals surface area contributed by atoms with Crippen molar-refractivity contribution in [2.75, 3.05) is 0 Å². The highest BCUT2D eigenvalue weighted by Crippen LogP contribution is 2.21. The van der Waals surface area contributed by atoms with E-state index in [0.717, 1.165) is 19.5 Å². The van der Waals surface area contributed by atoms with E-state index in [9.17, 15) is 0 Å². The molecule has 0 atom stereocenters. The maximum Gasteiger partial charge on any atom is 0.0483 e. The minimum atomic E-state index is 0.140. The molecule has 2 heteroatoms. The predicted molar refractivity (Wildman–Crippen MR) is 86.6 cm³/mol. The Bertz CT molecular complexity index is 633. The molecule has 0 fully saturated rings. The maximum absolute atomic E-state index is 3.56. The van der Waals surface area contributed by atoms with Gasteiger partial charge >= 0.3 is 0 Å². The number of benzene rings is 1. The lowest BCUT2D eigenvalue weighted by Gasteiger charge is -2.20. The first kappa shape index (κ1) is 14.7. The highest BCUT2D eigenvalue weighted by molar-refractivity contribution is 5.83. The lowest BCUT2D eigenvalue weighted by Crippen LogP contribution is -2.35. The minimum absolute atomic E-state index is 0.140. The van der Waals surface area contributed by atoms with Gasteiger partial charge in [0, 0.05) is 42.1 Å². The van der Waals surface area contributed by atoms with Gasteiger partial charge in [-0.25, -0.2) is 0 Å². The van der Waals surface area contributed by atoms with E-state index >= 15 is 0 Å². The van der Waals surface area contributed by atoms with Gasteiger partial charge in [-0.2, -0.15) is 0 Å². The van der Waals surface area contributed by atoms with Crippen molar-refractivity contribution in [1.82, 2.24) is 9.88 Å². The summed E-state index contributed by atoms with van der Waals surface area (Å²) in [5, 5.41) is 4.90. The predicted octanol–water partition coefficient (Wildman–Crippen LogP) is 3.94. The molecule has 0 spiro atoms. The summed E-state index contributed by atoms with van der Waals surface area (Å²) in [6.45, 7) is 10.3. The second kappa shape index (κ2) is 6.15. The summed E-state index contributed by atoms with van der Waals surface area (Å²) < 4.78 is 2.29. The second-order valence-corrected chi connectivity index (χ2v) is 6.14. The zero-order chi connectivity index (χ0) is 14.6. The minimum Gasteiger partial charge on any atom is -0.347 e. The molecule has 0 bridgehead atoms. The van der Waals surface area contributed by atoms with E-state index in [-0.39, 0.29) is 5.54 Å². The monoisotopic (exact) mass is 268 g/mol. The standard InChI is InChI=1S/C18H24N2/c1-5-6-7-12-20-13-11-16-15(9-8-10-17(16)20)14-19-18(2,3)4/h8-11,13,19H,7,12,14H2,1-4H3. The lowest BCUT2D eigenvalue weighted by atomic mass is 10.1. The van der Waals surface area contributed by atoms with Crippen LogP contribution in [0.3, 0.4) is 0 Å². The van der Waals surface area contributed by atoms with Gasteiger partial charge in [-0.3, -0.25) is 0 Å². The molecule has 2 rings (SSSR count). The highest BCUT2D eigenvalue weighted by atomic mass is 15.0. The Morgan fingerprint density at radius 2 is 2.00 bits per heavy atom. The van der Waals surface area contributed by atoms with Gasteiger partial charge in [0.15, 0.2) is 0 Å². The molecule has 0 aliphatic rings. The number of nitrogens with zero attached hydrogens (tertiary/aromatic N) is 1. The van der Waals surface area contributed by atoms with Crippen LogP contribution in [-0.4, -0.2) is 10.1 Å². The van der Waals surface area contributed by atoms with Gasteiger partial charge in [0.1, 0.15) is 0 Å². The van der Waals surface area contributed by atoms with E-state index in [2.05, 4.69) is 73.0 Å². The Morgan fingerprint density at radius 3 is 2.70 bits per heavy atom. The van der Waals surface area contributed by atoms with Gasteiger partial charge in [0.05, 0.1) is 0 Å². The molecule has 0 amide bonds. The van der Waals surface area contributed by atoms with Crippen LogP contribution >= 0.6 is 0 Å². The summed E-state index contributed by atoms with van der Waals surface area (Å²) in [6, 6.07) is 8.75. The average Bonchev–Trinajstić information content (AvgIpc) is 2.80. The van der Waals surface area contributed by atoms with Crippen molar-refractivity contribution in [1.29, 1.82) is 0 Å². The number of rotatable bonds is 4. The SMILES string of the molecule is CC#CCCn1ccc2c(CNC(C)(C)C)cccc21. The fourth-order valence-corrected chi connectivity index (χ4v) is 2.30. The molecule has 0 unspecified atom stereocenters. The van der Waals surface area contributed by atoms with Gasteiger partial charge in [-0.1, -0.05) is 12.1 Å². The molecule has 20 heavy (non-hydrogen) atoms. The number of nitrogens with one attached hydrogen (secondary N) is 1. The van der Waals surface area contributed by atoms with E-state index in [0.29, 0.717) is 0 Å². The highest BCUT2D eigenvalue weighted by Gasteiger charge is 2.10. The van der Waals surface area contributed by atoms with Gasteiger partial charge in [-0.15, -0.1) is 11.8 Å². The molecule has 1 aromatic carbocycles. The van der Waals surface area contributed by atoms with Gasteiger partial charge < -0.3 is 9.88 Å². The van der Waals surface area contributed by atoms with Crippen molar-refractivity contribution in [3.8, 4) is 11.8 Å². The Hall–Kier alpha value is -1.72. The number of hydrogen-bond acceptors (Lipinski definition) is 1. The maximum atomic E-state index is 3.56. The molecule has 0 saturated carbocycles. The van der Waals surface area contributed by atoms with Crippen LogP contribution in [0.15, 0.2) is 30.5 Å². The van der Waals surface area contributed by atoms with Crippen LogP contribution in [0.25, 0.3) is 10.9 Å². The number of fused-ring (bicyclic) bond motifs is 1. The fraction of sp³-hybridized carbons (Fsp3) is 0.444. The Morgan fingerprint density at radius 1 is 1.20 bits per heavy atom. The van der Waals surface area contributed by atoms with E-state index < -0.39 is 0 Å². The molecule has 2 nitrogen and oxygen atoms in total. The molecule has 1 N–H and O–H groups in total. The van der Waals surface area contributed by atoms with E-state index in [1.807, 2.05) is 6.92 Å². The van der Waals surface area contributed by atoms with E-state index in [1.54, 1.807) is 0 Å². The first-order chi connectivity index (χ1) is 9.51. The van der Waals surface area contributed by atoms with Crippen molar-refractivity contribution >= 4 is 10.9 Å². The van der Waals surface area contributed by atoms with Crippen LogP contribution in [0, 0.1) is 11.8 Å². The van der Waals surface area contributed by atoms with Crippen molar-refractivity contribution < 1.29 is 0 Å². The third-order valence-electron chi connectivity index (χ3n) is 3.37. The van der Waals surface area contributed by atoms with Crippen LogP contribution in [-0.2, 0) is 13.1 Å². The van der Waals surface area contributed by atoms with Gasteiger partial charge in [0.25, 0.3) is 0 Å². The normalized spacial score (nSPS) is 11.4. The summed E-state index contributed by atoms with van der Waals surface area (Å²) >= 11 is 0. The molecule has 0 radical (unpaired) electrons. The van der Waals surface area contributed by atoms with Gasteiger partial charge in [0.2, 0.25) is 0 Å². The molecule has 0 aliphatic heterocycles. The molecule has 0 aliphatic carbocycles. The largest absolute Gasteiger partial charge is 0.347 e. The number of hydrogen-bond donors (Lipinski definition) is 1. The number of aromatic nitrogens is 1. The first-order valence-electron chi connectivity index (χ1n) is 7.22. The quantitative estimate of drug-likeness (QED) is 0.831. The first-order valence-corrected chi connectivity index (χ1v) is 7.22. The molecular weight excluding hydrogens is 244 g/mol. The third kappa shape index (κ3) is 3.65. The van der Waals surface area contributed by atoms with Crippen LogP contribution in [0.4, 0.5) is 0 Å². The summed E-state index contributed by atoms with van der Waals surface area (Å²) in [5.74, 6) is 6.08. The molecule has 1 heterocycles. The topological polar surface area (TPSA) is 17.0 Å². The zero-order valence-corrected chi connectivity index (χ0v) is 13.0. The van der Waals surface area contributed by atoms with E-state index in [4.69, 9.17) is 0 Å². The van der Waals surface area contributed by atoms with Crippen LogP contribution in [0.1, 0.15) is 39.7 Å². The summed E-state index contributed by atoms with van der Waals surface area (Å²) in [6.07, 6.45) is 3.08. The second-order valence-electron chi connectivity index (χ2n) is 6.14. The Labute approximate surface area is 122 Å². The Balaban J connectivity index is 2.22. The van der Waals surface area contributed by atoms with E-state index in [1.165, 1.54) is 16.5 Å². The summed E-state index contributed by atoms with van der Waals surface area (Å²) in [4.78, 5) is 0. The third-order valence-corrected chi connectivity index (χ3v) is 3.37. The molecule has 0 saturated heterocycles.